The van der Waals surface area contributed by atoms with Crippen molar-refractivity contribution in [1.82, 2.24) is 10.1 Å². The molecule has 0 aliphatic rings. The van der Waals surface area contributed by atoms with E-state index in [4.69, 9.17) is 0 Å². The summed E-state index contributed by atoms with van der Waals surface area (Å²) in [5, 5.41) is 4.08. The number of carbonyl (C=O) groups excluding carboxylic acids is 1. The van der Waals surface area contributed by atoms with Crippen LogP contribution in [0.1, 0.15) is 29.2 Å². The Bertz CT molecular complexity index is 936. The maximum absolute atomic E-state index is 12.1. The van der Waals surface area contributed by atoms with Crippen LogP contribution in [-0.2, 0) is 14.8 Å². The van der Waals surface area contributed by atoms with E-state index in [0.717, 1.165) is 16.7 Å². The Morgan fingerprint density at radius 2 is 1.62 bits per heavy atom. The van der Waals surface area contributed by atoms with Crippen LogP contribution in [-0.4, -0.2) is 26.6 Å². The molecule has 6 nitrogen and oxygen atoms in total. The lowest BCUT2D eigenvalue weighted by atomic mass is 9.98. The minimum atomic E-state index is -3.72. The lowest BCUT2D eigenvalue weighted by Gasteiger charge is -2.10. The van der Waals surface area contributed by atoms with Crippen molar-refractivity contribution >= 4 is 21.6 Å². The molecule has 2 N–H and O–H groups in total. The van der Waals surface area contributed by atoms with Gasteiger partial charge in [0.15, 0.2) is 0 Å². The van der Waals surface area contributed by atoms with Gasteiger partial charge in [0.1, 0.15) is 0 Å². The van der Waals surface area contributed by atoms with Crippen LogP contribution < -0.4 is 10.1 Å². The van der Waals surface area contributed by atoms with E-state index in [2.05, 4.69) is 21.3 Å². The maximum Gasteiger partial charge on any atom is 0.255 e. The number of benzene rings is 2. The van der Waals surface area contributed by atoms with Crippen LogP contribution >= 0.6 is 0 Å². The summed E-state index contributed by atoms with van der Waals surface area (Å²) in [4.78, 5) is 12.0. The van der Waals surface area contributed by atoms with Crippen LogP contribution in [0.2, 0.25) is 0 Å². The van der Waals surface area contributed by atoms with E-state index in [1.54, 1.807) is 25.1 Å². The van der Waals surface area contributed by atoms with Crippen LogP contribution in [0.3, 0.4) is 0 Å². The molecule has 26 heavy (non-hydrogen) atoms. The van der Waals surface area contributed by atoms with Gasteiger partial charge in [0.25, 0.3) is 5.91 Å². The zero-order valence-electron chi connectivity index (χ0n) is 15.3. The molecule has 2 aromatic carbocycles. The zero-order valence-corrected chi connectivity index (χ0v) is 16.1. The maximum atomic E-state index is 12.1. The second-order valence-corrected chi connectivity index (χ2v) is 7.89. The van der Waals surface area contributed by atoms with Gasteiger partial charge in [0.2, 0.25) is 10.0 Å². The normalized spacial score (nSPS) is 12.1. The molecule has 0 aromatic heterocycles. The quantitative estimate of drug-likeness (QED) is 0.602. The monoisotopic (exact) mass is 373 g/mol. The van der Waals surface area contributed by atoms with Crippen molar-refractivity contribution in [3.8, 4) is 0 Å². The minimum absolute atomic E-state index is 0.109. The highest BCUT2D eigenvalue weighted by Gasteiger charge is 2.14. The predicted molar refractivity (Wildman–Crippen MR) is 103 cm³/mol. The van der Waals surface area contributed by atoms with Crippen molar-refractivity contribution in [2.75, 3.05) is 6.54 Å². The number of sulfonamides is 1. The number of aryl methyl sites for hydroxylation is 3. The lowest BCUT2D eigenvalue weighted by molar-refractivity contribution is -0.119. The standard InChI is InChI=1S/C19H23N3O3S/c1-13-10-15(3)18(11-14(13)2)16(4)21-22-19(23)12-20-26(24,25)17-8-6-5-7-9-17/h5-11,20H,12H2,1-4H3,(H,22,23)/b21-16-. The molecule has 0 bridgehead atoms. The van der Waals surface area contributed by atoms with Gasteiger partial charge >= 0.3 is 0 Å². The van der Waals surface area contributed by atoms with E-state index >= 15 is 0 Å². The number of hydrogen-bond donors (Lipinski definition) is 2. The number of hydrogen-bond acceptors (Lipinski definition) is 4. The Kier molecular flexibility index (Phi) is 6.28. The molecule has 0 radical (unpaired) electrons. The summed E-state index contributed by atoms with van der Waals surface area (Å²) in [6.45, 7) is 7.45. The third-order valence-electron chi connectivity index (χ3n) is 4.06. The molecule has 0 aliphatic heterocycles. The second-order valence-electron chi connectivity index (χ2n) is 6.12. The fourth-order valence-electron chi connectivity index (χ4n) is 2.44. The first-order valence-electron chi connectivity index (χ1n) is 8.17. The topological polar surface area (TPSA) is 87.6 Å². The van der Waals surface area contributed by atoms with E-state index in [9.17, 15) is 13.2 Å². The number of carbonyl (C=O) groups is 1. The highest BCUT2D eigenvalue weighted by atomic mass is 32.2. The van der Waals surface area contributed by atoms with Crippen molar-refractivity contribution in [3.05, 3.63) is 64.7 Å². The average Bonchev–Trinajstić information content (AvgIpc) is 2.62. The highest BCUT2D eigenvalue weighted by Crippen LogP contribution is 2.16. The van der Waals surface area contributed by atoms with Gasteiger partial charge in [-0.2, -0.15) is 5.10 Å². The van der Waals surface area contributed by atoms with Crippen LogP contribution in [0.25, 0.3) is 0 Å². The number of amides is 1. The molecular formula is C19H23N3O3S. The molecular weight excluding hydrogens is 350 g/mol. The molecule has 0 atom stereocenters. The van der Waals surface area contributed by atoms with E-state index < -0.39 is 15.9 Å². The molecule has 1 amide bonds. The molecule has 0 spiro atoms. The van der Waals surface area contributed by atoms with E-state index in [0.29, 0.717) is 5.71 Å². The lowest BCUT2D eigenvalue weighted by Crippen LogP contribution is -2.35. The summed E-state index contributed by atoms with van der Waals surface area (Å²) >= 11 is 0. The van der Waals surface area contributed by atoms with Gasteiger partial charge in [-0.25, -0.2) is 18.6 Å². The number of rotatable bonds is 6. The van der Waals surface area contributed by atoms with Crippen molar-refractivity contribution < 1.29 is 13.2 Å². The first kappa shape index (κ1) is 19.8. The fourth-order valence-corrected chi connectivity index (χ4v) is 3.44. The Morgan fingerprint density at radius 3 is 2.27 bits per heavy atom. The highest BCUT2D eigenvalue weighted by molar-refractivity contribution is 7.89. The van der Waals surface area contributed by atoms with E-state index in [1.165, 1.54) is 17.7 Å². The van der Waals surface area contributed by atoms with Crippen molar-refractivity contribution in [2.24, 2.45) is 5.10 Å². The van der Waals surface area contributed by atoms with Crippen LogP contribution in [0, 0.1) is 20.8 Å². The van der Waals surface area contributed by atoms with Gasteiger partial charge in [-0.05, 0) is 62.6 Å². The molecule has 138 valence electrons. The summed E-state index contributed by atoms with van der Waals surface area (Å²) in [6, 6.07) is 12.0. The molecule has 0 saturated carbocycles. The third-order valence-corrected chi connectivity index (χ3v) is 5.47. The number of hydrazone groups is 1. The summed E-state index contributed by atoms with van der Waals surface area (Å²) in [7, 11) is -3.72. The third kappa shape index (κ3) is 5.00. The Hall–Kier alpha value is -2.51. The first-order valence-corrected chi connectivity index (χ1v) is 9.65. The summed E-state index contributed by atoms with van der Waals surface area (Å²) < 4.78 is 26.4. The zero-order chi connectivity index (χ0) is 19.3. The van der Waals surface area contributed by atoms with Crippen molar-refractivity contribution in [1.29, 1.82) is 0 Å². The molecule has 0 fully saturated rings. The van der Waals surface area contributed by atoms with Gasteiger partial charge in [-0.15, -0.1) is 0 Å². The summed E-state index contributed by atoms with van der Waals surface area (Å²) in [6.07, 6.45) is 0. The Balaban J connectivity index is 2.00. The molecule has 0 heterocycles. The largest absolute Gasteiger partial charge is 0.272 e. The summed E-state index contributed by atoms with van der Waals surface area (Å²) in [5.41, 5.74) is 7.39. The van der Waals surface area contributed by atoms with Gasteiger partial charge in [-0.3, -0.25) is 4.79 Å². The molecule has 7 heteroatoms. The molecule has 2 rings (SSSR count). The Morgan fingerprint density at radius 1 is 1.00 bits per heavy atom. The van der Waals surface area contributed by atoms with Crippen LogP contribution in [0.5, 0.6) is 0 Å². The molecule has 0 saturated heterocycles. The van der Waals surface area contributed by atoms with Gasteiger partial charge < -0.3 is 0 Å². The fraction of sp³-hybridized carbons (Fsp3) is 0.263. The van der Waals surface area contributed by atoms with Crippen LogP contribution in [0.4, 0.5) is 0 Å². The van der Waals surface area contributed by atoms with Gasteiger partial charge in [0, 0.05) is 5.56 Å². The van der Waals surface area contributed by atoms with E-state index in [1.807, 2.05) is 26.8 Å². The summed E-state index contributed by atoms with van der Waals surface area (Å²) in [5.74, 6) is -0.537. The number of nitrogens with one attached hydrogen (secondary N) is 2. The Labute approximate surface area is 154 Å². The van der Waals surface area contributed by atoms with Crippen molar-refractivity contribution in [3.63, 3.8) is 0 Å². The SMILES string of the molecule is C/C(=N/NC(=O)CNS(=O)(=O)c1ccccc1)c1cc(C)c(C)cc1C. The molecule has 2 aromatic rings. The van der Waals surface area contributed by atoms with E-state index in [-0.39, 0.29) is 11.4 Å². The van der Waals surface area contributed by atoms with Gasteiger partial charge in [0.05, 0.1) is 17.2 Å². The predicted octanol–water partition coefficient (Wildman–Crippen LogP) is 2.43. The van der Waals surface area contributed by atoms with Crippen LogP contribution in [0.15, 0.2) is 52.5 Å². The second kappa shape index (κ2) is 8.25. The average molecular weight is 373 g/mol. The van der Waals surface area contributed by atoms with Crippen molar-refractivity contribution in [2.45, 2.75) is 32.6 Å². The minimum Gasteiger partial charge on any atom is -0.272 e. The molecule has 0 aliphatic carbocycles. The number of nitrogens with zero attached hydrogens (tertiary/aromatic N) is 1. The first-order chi connectivity index (χ1) is 12.2. The smallest absolute Gasteiger partial charge is 0.255 e. The molecule has 0 unspecified atom stereocenters. The van der Waals surface area contributed by atoms with Gasteiger partial charge in [-0.1, -0.05) is 24.3 Å².